The zero-order chi connectivity index (χ0) is 25.0. The third kappa shape index (κ3) is 6.96. The molecule has 0 heterocycles. The minimum absolute atomic E-state index is 0.0614. The molecule has 1 N–H and O–H groups in total. The highest BCUT2D eigenvalue weighted by Gasteiger charge is 2.17. The number of carbonyl (C=O) groups is 2. The van der Waals surface area contributed by atoms with Gasteiger partial charge in [-0.3, -0.25) is 9.59 Å². The lowest BCUT2D eigenvalue weighted by atomic mass is 10.1. The molecule has 0 aromatic heterocycles. The summed E-state index contributed by atoms with van der Waals surface area (Å²) in [7, 11) is 0. The Labute approximate surface area is 211 Å². The first-order valence-electron chi connectivity index (χ1n) is 11.8. The van der Waals surface area contributed by atoms with E-state index in [1.165, 1.54) is 0 Å². The van der Waals surface area contributed by atoms with E-state index in [0.29, 0.717) is 35.8 Å². The van der Waals surface area contributed by atoms with Crippen LogP contribution in [-0.2, 0) is 4.79 Å². The van der Waals surface area contributed by atoms with Gasteiger partial charge in [-0.15, -0.1) is 0 Å². The van der Waals surface area contributed by atoms with Crippen LogP contribution in [0.1, 0.15) is 10.4 Å². The normalized spacial score (nSPS) is 10.3. The van der Waals surface area contributed by atoms with Gasteiger partial charge in [0.1, 0.15) is 11.5 Å². The second-order valence-corrected chi connectivity index (χ2v) is 7.98. The third-order valence-electron chi connectivity index (χ3n) is 5.47. The number of para-hydroxylation sites is 4. The fourth-order valence-corrected chi connectivity index (χ4v) is 3.67. The minimum Gasteiger partial charge on any atom is -0.485 e. The van der Waals surface area contributed by atoms with Crippen molar-refractivity contribution < 1.29 is 19.1 Å². The molecule has 0 fully saturated rings. The van der Waals surface area contributed by atoms with Crippen LogP contribution in [0, 0.1) is 0 Å². The van der Waals surface area contributed by atoms with E-state index < -0.39 is 0 Å². The van der Waals surface area contributed by atoms with Crippen molar-refractivity contribution in [3.63, 3.8) is 0 Å². The Morgan fingerprint density at radius 2 is 1.17 bits per heavy atom. The van der Waals surface area contributed by atoms with Crippen molar-refractivity contribution in [2.75, 3.05) is 36.5 Å². The third-order valence-corrected chi connectivity index (χ3v) is 5.47. The van der Waals surface area contributed by atoms with E-state index in [-0.39, 0.29) is 24.9 Å². The standard InChI is InChI=1S/C30H28N2O4/c33-29(22-35-25-14-6-2-7-15-25)27-18-10-11-19-28(27)31-20-21-32(24-12-4-1-5-13-24)30(34)23-36-26-16-8-3-9-17-26/h1-19,31H,20-23H2. The van der Waals surface area contributed by atoms with E-state index >= 15 is 0 Å². The van der Waals surface area contributed by atoms with Gasteiger partial charge in [-0.05, 0) is 48.5 Å². The van der Waals surface area contributed by atoms with Gasteiger partial charge in [0, 0.05) is 30.0 Å². The zero-order valence-corrected chi connectivity index (χ0v) is 19.9. The molecule has 4 rings (SSSR count). The largest absolute Gasteiger partial charge is 0.485 e. The number of benzene rings is 4. The highest BCUT2D eigenvalue weighted by atomic mass is 16.5. The van der Waals surface area contributed by atoms with Crippen LogP contribution < -0.4 is 19.7 Å². The first-order chi connectivity index (χ1) is 17.7. The molecule has 4 aromatic carbocycles. The Balaban J connectivity index is 1.38. The second-order valence-electron chi connectivity index (χ2n) is 7.98. The Morgan fingerprint density at radius 1 is 0.639 bits per heavy atom. The van der Waals surface area contributed by atoms with Crippen molar-refractivity contribution in [3.8, 4) is 11.5 Å². The van der Waals surface area contributed by atoms with Gasteiger partial charge in [-0.1, -0.05) is 66.7 Å². The van der Waals surface area contributed by atoms with Gasteiger partial charge in [-0.25, -0.2) is 0 Å². The molecule has 0 bridgehead atoms. The van der Waals surface area contributed by atoms with E-state index in [1.807, 2.05) is 109 Å². The maximum atomic E-state index is 13.1. The van der Waals surface area contributed by atoms with E-state index in [9.17, 15) is 9.59 Å². The number of rotatable bonds is 12. The number of ketones is 1. The maximum Gasteiger partial charge on any atom is 0.264 e. The summed E-state index contributed by atoms with van der Waals surface area (Å²) in [5.74, 6) is 0.995. The number of hydrogen-bond acceptors (Lipinski definition) is 5. The molecular weight excluding hydrogens is 452 g/mol. The van der Waals surface area contributed by atoms with Crippen molar-refractivity contribution in [1.29, 1.82) is 0 Å². The number of nitrogens with one attached hydrogen (secondary N) is 1. The highest BCUT2D eigenvalue weighted by molar-refractivity contribution is 6.02. The maximum absolute atomic E-state index is 13.1. The molecule has 6 heteroatoms. The molecule has 0 aliphatic carbocycles. The molecule has 0 saturated carbocycles. The van der Waals surface area contributed by atoms with Gasteiger partial charge >= 0.3 is 0 Å². The summed E-state index contributed by atoms with van der Waals surface area (Å²) >= 11 is 0. The lowest BCUT2D eigenvalue weighted by Gasteiger charge is -2.24. The van der Waals surface area contributed by atoms with E-state index in [4.69, 9.17) is 9.47 Å². The molecule has 0 unspecified atom stereocenters. The average Bonchev–Trinajstić information content (AvgIpc) is 2.94. The van der Waals surface area contributed by atoms with E-state index in [1.54, 1.807) is 11.0 Å². The predicted octanol–water partition coefficient (Wildman–Crippen LogP) is 5.47. The molecule has 1 amide bonds. The monoisotopic (exact) mass is 480 g/mol. The molecule has 4 aromatic rings. The quantitative estimate of drug-likeness (QED) is 0.272. The summed E-state index contributed by atoms with van der Waals surface area (Å²) in [5, 5.41) is 3.31. The van der Waals surface area contributed by atoms with Crippen LogP contribution in [-0.4, -0.2) is 38.0 Å². The number of hydrogen-bond donors (Lipinski definition) is 1. The van der Waals surface area contributed by atoms with Crippen molar-refractivity contribution in [2.45, 2.75) is 0 Å². The number of anilines is 2. The summed E-state index contributed by atoms with van der Waals surface area (Å²) < 4.78 is 11.3. The van der Waals surface area contributed by atoms with Gasteiger partial charge in [0.25, 0.3) is 5.91 Å². The summed E-state index contributed by atoms with van der Waals surface area (Å²) in [6.45, 7) is 0.693. The SMILES string of the molecule is O=C(COc1ccccc1)c1ccccc1NCCN(C(=O)COc1ccccc1)c1ccccc1. The second kappa shape index (κ2) is 12.8. The van der Waals surface area contributed by atoms with Gasteiger partial charge in [0.05, 0.1) is 0 Å². The predicted molar refractivity (Wildman–Crippen MR) is 142 cm³/mol. The molecule has 0 radical (unpaired) electrons. The van der Waals surface area contributed by atoms with Crippen LogP contribution in [0.25, 0.3) is 0 Å². The molecule has 0 aliphatic heterocycles. The first kappa shape index (κ1) is 24.5. The molecule has 0 aliphatic rings. The van der Waals surface area contributed by atoms with Crippen molar-refractivity contribution in [2.24, 2.45) is 0 Å². The van der Waals surface area contributed by atoms with Crippen LogP contribution in [0.4, 0.5) is 11.4 Å². The number of carbonyl (C=O) groups excluding carboxylic acids is 2. The van der Waals surface area contributed by atoms with Crippen molar-refractivity contribution >= 4 is 23.1 Å². The molecule has 182 valence electrons. The molecule has 0 atom stereocenters. The topological polar surface area (TPSA) is 67.9 Å². The summed E-state index contributed by atoms with van der Waals surface area (Å²) in [4.78, 5) is 27.6. The Morgan fingerprint density at radius 3 is 1.81 bits per heavy atom. The summed E-state index contributed by atoms with van der Waals surface area (Å²) in [6, 6.07) is 35.3. The lowest BCUT2D eigenvalue weighted by Crippen LogP contribution is -2.38. The van der Waals surface area contributed by atoms with Crippen LogP contribution in [0.3, 0.4) is 0 Å². The van der Waals surface area contributed by atoms with E-state index in [2.05, 4.69) is 5.32 Å². The molecule has 6 nitrogen and oxygen atoms in total. The Hall–Kier alpha value is -4.58. The van der Waals surface area contributed by atoms with Crippen LogP contribution in [0.5, 0.6) is 11.5 Å². The van der Waals surface area contributed by atoms with Crippen molar-refractivity contribution in [1.82, 2.24) is 0 Å². The Kier molecular flexibility index (Phi) is 8.70. The smallest absolute Gasteiger partial charge is 0.264 e. The molecular formula is C30H28N2O4. The fourth-order valence-electron chi connectivity index (χ4n) is 3.67. The number of amides is 1. The molecule has 0 saturated heterocycles. The van der Waals surface area contributed by atoms with E-state index in [0.717, 1.165) is 5.69 Å². The van der Waals surface area contributed by atoms with Crippen LogP contribution >= 0.6 is 0 Å². The van der Waals surface area contributed by atoms with Gasteiger partial charge < -0.3 is 19.7 Å². The number of ether oxygens (including phenoxy) is 2. The first-order valence-corrected chi connectivity index (χ1v) is 11.8. The number of nitrogens with zero attached hydrogens (tertiary/aromatic N) is 1. The Bertz CT molecular complexity index is 1250. The summed E-state index contributed by atoms with van der Waals surface area (Å²) in [5.41, 5.74) is 2.01. The fraction of sp³-hybridized carbons (Fsp3) is 0.133. The zero-order valence-electron chi connectivity index (χ0n) is 19.9. The van der Waals surface area contributed by atoms with Crippen molar-refractivity contribution in [3.05, 3.63) is 121 Å². The van der Waals surface area contributed by atoms with Crippen LogP contribution in [0.2, 0.25) is 0 Å². The summed E-state index contributed by atoms with van der Waals surface area (Å²) in [6.07, 6.45) is 0. The molecule has 0 spiro atoms. The lowest BCUT2D eigenvalue weighted by molar-refractivity contribution is -0.120. The number of Topliss-reactive ketones (excluding diaryl/α,β-unsaturated/α-hetero) is 1. The van der Waals surface area contributed by atoms with Gasteiger partial charge in [0.2, 0.25) is 5.78 Å². The average molecular weight is 481 g/mol. The van der Waals surface area contributed by atoms with Gasteiger partial charge in [0.15, 0.2) is 13.2 Å². The molecule has 36 heavy (non-hydrogen) atoms. The highest BCUT2D eigenvalue weighted by Crippen LogP contribution is 2.18. The van der Waals surface area contributed by atoms with Crippen LogP contribution in [0.15, 0.2) is 115 Å². The minimum atomic E-state index is -0.160. The van der Waals surface area contributed by atoms with Gasteiger partial charge in [-0.2, -0.15) is 0 Å².